The van der Waals surface area contributed by atoms with Gasteiger partial charge in [-0.2, -0.15) is 9.78 Å². The van der Waals surface area contributed by atoms with Crippen molar-refractivity contribution in [1.29, 1.82) is 0 Å². The summed E-state index contributed by atoms with van der Waals surface area (Å²) in [5, 5.41) is 5.01. The molecule has 1 aromatic heterocycles. The van der Waals surface area contributed by atoms with Crippen molar-refractivity contribution in [2.45, 2.75) is 58.7 Å². The first-order valence-corrected chi connectivity index (χ1v) is 8.75. The van der Waals surface area contributed by atoms with Crippen molar-refractivity contribution in [3.05, 3.63) is 24.4 Å². The second kappa shape index (κ2) is 6.46. The van der Waals surface area contributed by atoms with Gasteiger partial charge in [-0.15, -0.1) is 0 Å². The van der Waals surface area contributed by atoms with Gasteiger partial charge in [-0.25, -0.2) is 4.79 Å². The molecule has 0 atom stereocenters. The Bertz CT molecular complexity index is 768. The molecule has 0 aliphatic carbocycles. The molecule has 2 heterocycles. The van der Waals surface area contributed by atoms with Crippen molar-refractivity contribution in [2.24, 2.45) is 0 Å². The first kappa shape index (κ1) is 18.0. The zero-order valence-electron chi connectivity index (χ0n) is 15.5. The molecule has 0 radical (unpaired) electrons. The van der Waals surface area contributed by atoms with Gasteiger partial charge in [0.15, 0.2) is 0 Å². The largest absolute Gasteiger partial charge is 0.494 e. The van der Waals surface area contributed by atoms with Gasteiger partial charge in [0.05, 0.1) is 29.5 Å². The lowest BCUT2D eigenvalue weighted by atomic mass is 9.79. The highest BCUT2D eigenvalue weighted by atomic mass is 16.7. The number of carbonyl (C=O) groups is 1. The summed E-state index contributed by atoms with van der Waals surface area (Å²) in [4.78, 5) is 12.1. The van der Waals surface area contributed by atoms with Crippen LogP contribution < -0.4 is 5.46 Å². The maximum atomic E-state index is 12.1. The van der Waals surface area contributed by atoms with E-state index >= 15 is 0 Å². The minimum atomic E-state index is -0.452. The number of hydrogen-bond acceptors (Lipinski definition) is 5. The average molecular weight is 344 g/mol. The summed E-state index contributed by atoms with van der Waals surface area (Å²) in [7, 11) is -0.436. The topological polar surface area (TPSA) is 62.6 Å². The van der Waals surface area contributed by atoms with Gasteiger partial charge in [0.2, 0.25) is 0 Å². The van der Waals surface area contributed by atoms with Gasteiger partial charge in [0.1, 0.15) is 0 Å². The van der Waals surface area contributed by atoms with E-state index in [1.165, 1.54) is 4.68 Å². The molecule has 1 aliphatic rings. The molecule has 0 N–H and O–H groups in total. The number of hydrogen-bond donors (Lipinski definition) is 0. The Balaban J connectivity index is 1.82. The standard InChI is InChI=1S/C18H25BN2O4/c1-6-7-10-23-16(22)21-15-9-8-14(11-13(15)12-20-21)19-24-17(2,3)18(4,5)25-19/h8-9,11-12H,6-7,10H2,1-5H3. The van der Waals surface area contributed by atoms with E-state index in [-0.39, 0.29) is 11.2 Å². The van der Waals surface area contributed by atoms with E-state index in [2.05, 4.69) is 12.0 Å². The Morgan fingerprint density at radius 1 is 1.24 bits per heavy atom. The van der Waals surface area contributed by atoms with Crippen LogP contribution in [0.2, 0.25) is 0 Å². The molecule has 1 fully saturated rings. The van der Waals surface area contributed by atoms with Crippen LogP contribution in [0, 0.1) is 0 Å². The van der Waals surface area contributed by atoms with Crippen LogP contribution in [0.3, 0.4) is 0 Å². The lowest BCUT2D eigenvalue weighted by Gasteiger charge is -2.32. The molecule has 2 aromatic rings. The molecule has 1 saturated heterocycles. The third-order valence-corrected chi connectivity index (χ3v) is 5.01. The molecule has 25 heavy (non-hydrogen) atoms. The van der Waals surface area contributed by atoms with Crippen molar-refractivity contribution < 1.29 is 18.8 Å². The number of benzene rings is 1. The van der Waals surface area contributed by atoms with Crippen LogP contribution in [0.4, 0.5) is 4.79 Å². The number of rotatable bonds is 4. The number of unbranched alkanes of at least 4 members (excludes halogenated alkanes) is 1. The molecule has 1 aliphatic heterocycles. The maximum absolute atomic E-state index is 12.1. The Morgan fingerprint density at radius 2 is 1.92 bits per heavy atom. The summed E-state index contributed by atoms with van der Waals surface area (Å²) in [6.07, 6.45) is 3.03. The number of nitrogens with zero attached hydrogens (tertiary/aromatic N) is 2. The minimum absolute atomic E-state index is 0.389. The molecule has 0 amide bonds. The second-order valence-corrected chi connectivity index (χ2v) is 7.43. The molecule has 0 saturated carbocycles. The molecular weight excluding hydrogens is 319 g/mol. The van der Waals surface area contributed by atoms with Crippen LogP contribution in [0.25, 0.3) is 10.9 Å². The molecule has 134 valence electrons. The first-order valence-electron chi connectivity index (χ1n) is 8.75. The highest BCUT2D eigenvalue weighted by Gasteiger charge is 2.51. The Morgan fingerprint density at radius 3 is 2.56 bits per heavy atom. The van der Waals surface area contributed by atoms with Gasteiger partial charge in [-0.3, -0.25) is 0 Å². The van der Waals surface area contributed by atoms with E-state index < -0.39 is 13.2 Å². The summed E-state index contributed by atoms with van der Waals surface area (Å²) in [6, 6.07) is 5.70. The number of ether oxygens (including phenoxy) is 1. The van der Waals surface area contributed by atoms with Crippen LogP contribution in [-0.2, 0) is 14.0 Å². The van der Waals surface area contributed by atoms with Gasteiger partial charge in [0.25, 0.3) is 0 Å². The van der Waals surface area contributed by atoms with E-state index in [0.717, 1.165) is 23.7 Å². The van der Waals surface area contributed by atoms with Crippen LogP contribution >= 0.6 is 0 Å². The van der Waals surface area contributed by atoms with Gasteiger partial charge < -0.3 is 14.0 Å². The third kappa shape index (κ3) is 3.31. The highest BCUT2D eigenvalue weighted by molar-refractivity contribution is 6.62. The molecule has 0 bridgehead atoms. The number of fused-ring (bicyclic) bond motifs is 1. The lowest BCUT2D eigenvalue weighted by molar-refractivity contribution is 0.00578. The summed E-state index contributed by atoms with van der Waals surface area (Å²) in [6.45, 7) is 10.6. The maximum Gasteiger partial charge on any atom is 0.494 e. The van der Waals surface area contributed by atoms with E-state index in [0.29, 0.717) is 12.1 Å². The molecule has 0 unspecified atom stereocenters. The van der Waals surface area contributed by atoms with Crippen molar-refractivity contribution in [3.8, 4) is 0 Å². The number of aromatic nitrogens is 2. The quantitative estimate of drug-likeness (QED) is 0.630. The van der Waals surface area contributed by atoms with Crippen molar-refractivity contribution in [1.82, 2.24) is 9.78 Å². The number of carbonyl (C=O) groups excluding carboxylic acids is 1. The molecule has 1 aromatic carbocycles. The summed E-state index contributed by atoms with van der Waals surface area (Å²) in [5.41, 5.74) is 0.839. The van der Waals surface area contributed by atoms with E-state index in [1.54, 1.807) is 6.20 Å². The Hall–Kier alpha value is -1.86. The fraction of sp³-hybridized carbons (Fsp3) is 0.556. The molecule has 0 spiro atoms. The predicted octanol–water partition coefficient (Wildman–Crippen LogP) is 3.12. The van der Waals surface area contributed by atoms with Crippen LogP contribution in [0.15, 0.2) is 24.4 Å². The summed E-state index contributed by atoms with van der Waals surface area (Å²) >= 11 is 0. The predicted molar refractivity (Wildman–Crippen MR) is 97.1 cm³/mol. The summed E-state index contributed by atoms with van der Waals surface area (Å²) in [5.74, 6) is 0. The Kier molecular flexibility index (Phi) is 4.64. The first-order chi connectivity index (χ1) is 11.7. The van der Waals surface area contributed by atoms with Gasteiger partial charge in [-0.1, -0.05) is 25.5 Å². The monoisotopic (exact) mass is 344 g/mol. The van der Waals surface area contributed by atoms with E-state index in [4.69, 9.17) is 14.0 Å². The minimum Gasteiger partial charge on any atom is -0.448 e. The van der Waals surface area contributed by atoms with Crippen LogP contribution in [0.1, 0.15) is 47.5 Å². The third-order valence-electron chi connectivity index (χ3n) is 5.01. The smallest absolute Gasteiger partial charge is 0.448 e. The molecule has 7 heteroatoms. The molecular formula is C18H25BN2O4. The zero-order valence-corrected chi connectivity index (χ0v) is 15.5. The normalized spacial score (nSPS) is 18.7. The van der Waals surface area contributed by atoms with Gasteiger partial charge in [0, 0.05) is 5.39 Å². The van der Waals surface area contributed by atoms with E-state index in [1.807, 2.05) is 45.9 Å². The van der Waals surface area contributed by atoms with Crippen molar-refractivity contribution in [2.75, 3.05) is 6.61 Å². The average Bonchev–Trinajstić information content (AvgIpc) is 3.05. The SMILES string of the molecule is CCCCOC(=O)n1ncc2cc(B3OC(C)(C)C(C)(C)O3)ccc21. The van der Waals surface area contributed by atoms with E-state index in [9.17, 15) is 4.79 Å². The van der Waals surface area contributed by atoms with Gasteiger partial charge >= 0.3 is 13.2 Å². The van der Waals surface area contributed by atoms with Crippen LogP contribution in [-0.4, -0.2) is 40.8 Å². The fourth-order valence-electron chi connectivity index (χ4n) is 2.69. The summed E-state index contributed by atoms with van der Waals surface area (Å²) < 4.78 is 18.7. The fourth-order valence-corrected chi connectivity index (χ4v) is 2.69. The second-order valence-electron chi connectivity index (χ2n) is 7.43. The van der Waals surface area contributed by atoms with Crippen molar-refractivity contribution >= 4 is 29.6 Å². The van der Waals surface area contributed by atoms with Gasteiger partial charge in [-0.05, 0) is 45.6 Å². The lowest BCUT2D eigenvalue weighted by Crippen LogP contribution is -2.41. The van der Waals surface area contributed by atoms with Crippen LogP contribution in [0.5, 0.6) is 0 Å². The molecule has 3 rings (SSSR count). The van der Waals surface area contributed by atoms with Crippen molar-refractivity contribution in [3.63, 3.8) is 0 Å². The Labute approximate surface area is 148 Å². The highest BCUT2D eigenvalue weighted by Crippen LogP contribution is 2.36. The zero-order chi connectivity index (χ0) is 18.2. The molecule has 6 nitrogen and oxygen atoms in total.